The Labute approximate surface area is 121 Å². The molecular weight excluding hydrogens is 338 g/mol. The Balaban J connectivity index is 2.05. The fourth-order valence-electron chi connectivity index (χ4n) is 1.48. The molecule has 0 bridgehead atoms. The number of halogens is 2. The number of hydrogen-bond donors (Lipinski definition) is 0. The highest BCUT2D eigenvalue weighted by Crippen LogP contribution is 2.22. The zero-order valence-electron chi connectivity index (χ0n) is 9.65. The molecule has 0 N–H and O–H groups in total. The summed E-state index contributed by atoms with van der Waals surface area (Å²) in [4.78, 5) is 4.04. The molecule has 0 saturated carbocycles. The fourth-order valence-corrected chi connectivity index (χ4v) is 3.25. The lowest BCUT2D eigenvalue weighted by molar-refractivity contribution is 0.488. The average molecular weight is 349 g/mol. The third kappa shape index (κ3) is 3.67. The molecule has 1 aromatic carbocycles. The monoisotopic (exact) mass is 347 g/mol. The van der Waals surface area contributed by atoms with E-state index in [0.717, 1.165) is 15.8 Å². The van der Waals surface area contributed by atoms with Gasteiger partial charge < -0.3 is 4.42 Å². The molecule has 0 aliphatic carbocycles. The van der Waals surface area contributed by atoms with Crippen molar-refractivity contribution >= 4 is 38.3 Å². The third-order valence-corrected chi connectivity index (χ3v) is 4.34. The SMILES string of the molecule is Cc1cnc(C[S@](=O)Cc2cc(Br)ccc2Cl)o1. The minimum absolute atomic E-state index is 0.302. The number of rotatable bonds is 4. The molecule has 2 rings (SSSR count). The van der Waals surface area contributed by atoms with Gasteiger partial charge in [0.15, 0.2) is 0 Å². The van der Waals surface area contributed by atoms with Crippen molar-refractivity contribution in [2.24, 2.45) is 0 Å². The minimum Gasteiger partial charge on any atom is -0.445 e. The molecule has 1 aromatic heterocycles. The highest BCUT2D eigenvalue weighted by Gasteiger charge is 2.10. The number of hydrogen-bond acceptors (Lipinski definition) is 3. The van der Waals surface area contributed by atoms with E-state index < -0.39 is 10.8 Å². The van der Waals surface area contributed by atoms with Crippen LogP contribution in [0.4, 0.5) is 0 Å². The predicted molar refractivity (Wildman–Crippen MR) is 75.9 cm³/mol. The molecule has 1 atom stereocenters. The molecule has 0 aliphatic heterocycles. The average Bonchev–Trinajstić information content (AvgIpc) is 2.69. The van der Waals surface area contributed by atoms with Gasteiger partial charge in [-0.1, -0.05) is 27.5 Å². The molecule has 0 unspecified atom stereocenters. The molecule has 1 heterocycles. The van der Waals surface area contributed by atoms with Crippen molar-refractivity contribution in [3.05, 3.63) is 51.1 Å². The Morgan fingerprint density at radius 3 is 2.89 bits per heavy atom. The molecule has 3 nitrogen and oxygen atoms in total. The van der Waals surface area contributed by atoms with Gasteiger partial charge in [-0.25, -0.2) is 4.98 Å². The molecule has 6 heteroatoms. The van der Waals surface area contributed by atoms with Crippen LogP contribution in [-0.2, 0) is 22.3 Å². The second-order valence-corrected chi connectivity index (χ2v) is 6.61. The van der Waals surface area contributed by atoms with E-state index in [0.29, 0.717) is 22.4 Å². The maximum Gasteiger partial charge on any atom is 0.206 e. The number of oxazole rings is 1. The number of aromatic nitrogens is 1. The highest BCUT2D eigenvalue weighted by atomic mass is 79.9. The van der Waals surface area contributed by atoms with Crippen molar-refractivity contribution in [2.75, 3.05) is 0 Å². The van der Waals surface area contributed by atoms with Crippen LogP contribution in [0.15, 0.2) is 33.3 Å². The molecule has 2 aromatic rings. The second kappa shape index (κ2) is 5.99. The standard InChI is InChI=1S/C12H11BrClNO2S/c1-8-5-15-12(17-8)7-18(16)6-9-4-10(13)2-3-11(9)14/h2-5H,6-7H2,1H3/t18-/m1/s1. The number of benzene rings is 1. The van der Waals surface area contributed by atoms with Crippen LogP contribution in [0.25, 0.3) is 0 Å². The first-order valence-corrected chi connectivity index (χ1v) is 7.90. The molecule has 0 aliphatic rings. The summed E-state index contributed by atoms with van der Waals surface area (Å²) in [5.41, 5.74) is 0.854. The van der Waals surface area contributed by atoms with E-state index in [-0.39, 0.29) is 0 Å². The van der Waals surface area contributed by atoms with E-state index in [1.54, 1.807) is 12.3 Å². The molecule has 0 fully saturated rings. The summed E-state index contributed by atoms with van der Waals surface area (Å²) in [5.74, 6) is 1.91. The van der Waals surface area contributed by atoms with Gasteiger partial charge in [-0.2, -0.15) is 0 Å². The van der Waals surface area contributed by atoms with Crippen molar-refractivity contribution in [2.45, 2.75) is 18.4 Å². The summed E-state index contributed by atoms with van der Waals surface area (Å²) < 4.78 is 18.2. The van der Waals surface area contributed by atoms with Crippen LogP contribution in [0.3, 0.4) is 0 Å². The second-order valence-electron chi connectivity index (χ2n) is 3.83. The molecule has 18 heavy (non-hydrogen) atoms. The predicted octanol–water partition coefficient (Wildman–Crippen LogP) is 3.85. The van der Waals surface area contributed by atoms with Gasteiger partial charge in [-0.05, 0) is 30.7 Å². The Hall–Kier alpha value is -0.650. The van der Waals surface area contributed by atoms with Crippen LogP contribution in [-0.4, -0.2) is 9.19 Å². The number of nitrogens with zero attached hydrogens (tertiary/aromatic N) is 1. The van der Waals surface area contributed by atoms with E-state index in [1.807, 2.05) is 19.1 Å². The van der Waals surface area contributed by atoms with Crippen molar-refractivity contribution < 1.29 is 8.63 Å². The zero-order valence-corrected chi connectivity index (χ0v) is 12.8. The van der Waals surface area contributed by atoms with E-state index in [4.69, 9.17) is 16.0 Å². The van der Waals surface area contributed by atoms with Crippen molar-refractivity contribution in [3.8, 4) is 0 Å². The quantitative estimate of drug-likeness (QED) is 0.843. The maximum absolute atomic E-state index is 12.0. The molecule has 0 spiro atoms. The molecular formula is C12H11BrClNO2S. The summed E-state index contributed by atoms with van der Waals surface area (Å²) in [6.07, 6.45) is 1.62. The normalized spacial score (nSPS) is 12.6. The Morgan fingerprint density at radius 1 is 1.44 bits per heavy atom. The topological polar surface area (TPSA) is 43.1 Å². The molecule has 0 amide bonds. The summed E-state index contributed by atoms with van der Waals surface area (Å²) >= 11 is 9.42. The summed E-state index contributed by atoms with van der Waals surface area (Å²) in [5, 5.41) is 0.620. The lowest BCUT2D eigenvalue weighted by atomic mass is 10.2. The third-order valence-electron chi connectivity index (χ3n) is 2.28. The van der Waals surface area contributed by atoms with Gasteiger partial charge in [0.25, 0.3) is 0 Å². The van der Waals surface area contributed by atoms with Gasteiger partial charge in [-0.3, -0.25) is 4.21 Å². The van der Waals surface area contributed by atoms with Gasteiger partial charge in [0.1, 0.15) is 11.5 Å². The Morgan fingerprint density at radius 2 is 2.22 bits per heavy atom. The smallest absolute Gasteiger partial charge is 0.206 e. The molecule has 96 valence electrons. The van der Waals surface area contributed by atoms with E-state index in [9.17, 15) is 4.21 Å². The number of aryl methyl sites for hydroxylation is 1. The van der Waals surface area contributed by atoms with Crippen LogP contribution < -0.4 is 0 Å². The van der Waals surface area contributed by atoms with Gasteiger partial charge in [0.05, 0.1) is 11.9 Å². The van der Waals surface area contributed by atoms with E-state index >= 15 is 0 Å². The first kappa shape index (κ1) is 13.8. The van der Waals surface area contributed by atoms with Gasteiger partial charge in [0, 0.05) is 20.3 Å². The molecule has 0 radical (unpaired) electrons. The minimum atomic E-state index is -1.09. The lowest BCUT2D eigenvalue weighted by Gasteiger charge is -2.04. The van der Waals surface area contributed by atoms with E-state index in [1.165, 1.54) is 0 Å². The van der Waals surface area contributed by atoms with Crippen LogP contribution in [0.5, 0.6) is 0 Å². The van der Waals surface area contributed by atoms with Gasteiger partial charge >= 0.3 is 0 Å². The van der Waals surface area contributed by atoms with Gasteiger partial charge in [0.2, 0.25) is 5.89 Å². The summed E-state index contributed by atoms with van der Waals surface area (Å²) in [6.45, 7) is 1.81. The Kier molecular flexibility index (Phi) is 4.59. The van der Waals surface area contributed by atoms with Crippen LogP contribution in [0, 0.1) is 6.92 Å². The van der Waals surface area contributed by atoms with Crippen LogP contribution in [0.2, 0.25) is 5.02 Å². The first-order chi connectivity index (χ1) is 8.54. The largest absolute Gasteiger partial charge is 0.445 e. The zero-order chi connectivity index (χ0) is 13.1. The van der Waals surface area contributed by atoms with Crippen LogP contribution >= 0.6 is 27.5 Å². The van der Waals surface area contributed by atoms with Crippen LogP contribution in [0.1, 0.15) is 17.2 Å². The summed E-state index contributed by atoms with van der Waals surface area (Å²) in [6, 6.07) is 5.51. The summed E-state index contributed by atoms with van der Waals surface area (Å²) in [7, 11) is -1.09. The van der Waals surface area contributed by atoms with Gasteiger partial charge in [-0.15, -0.1) is 0 Å². The van der Waals surface area contributed by atoms with Crippen molar-refractivity contribution in [1.29, 1.82) is 0 Å². The maximum atomic E-state index is 12.0. The Bertz CT molecular complexity index is 585. The first-order valence-electron chi connectivity index (χ1n) is 5.25. The van der Waals surface area contributed by atoms with E-state index in [2.05, 4.69) is 20.9 Å². The van der Waals surface area contributed by atoms with Crippen molar-refractivity contribution in [1.82, 2.24) is 4.98 Å². The fraction of sp³-hybridized carbons (Fsp3) is 0.250. The lowest BCUT2D eigenvalue weighted by Crippen LogP contribution is -2.00. The van der Waals surface area contributed by atoms with Crippen molar-refractivity contribution in [3.63, 3.8) is 0 Å². The molecule has 0 saturated heterocycles. The highest BCUT2D eigenvalue weighted by molar-refractivity contribution is 9.10.